The molecule has 36 heavy (non-hydrogen) atoms. The first-order valence-corrected chi connectivity index (χ1v) is 11.6. The molecule has 4 rings (SSSR count). The first kappa shape index (κ1) is 25.8. The number of alkyl halides is 3. The second-order valence-electron chi connectivity index (χ2n) is 8.79. The van der Waals surface area contributed by atoms with Gasteiger partial charge < -0.3 is 4.74 Å². The van der Waals surface area contributed by atoms with Crippen LogP contribution in [0.15, 0.2) is 42.5 Å². The molecule has 0 aromatic heterocycles. The maximum atomic E-state index is 14.9. The van der Waals surface area contributed by atoms with E-state index in [1.165, 1.54) is 18.2 Å². The fourth-order valence-corrected chi connectivity index (χ4v) is 4.43. The number of ether oxygens (including phenoxy) is 1. The third kappa shape index (κ3) is 5.74. The first-order chi connectivity index (χ1) is 17.1. The molecule has 0 unspecified atom stereocenters. The van der Waals surface area contributed by atoms with Gasteiger partial charge in [0.2, 0.25) is 5.75 Å². The SMILES string of the molecule is CCCCCc1ccc(C2=Cc3cc(F)c(-c4cc(F)c(OC(F)(F)F)c(F)c4)cc3CC2)c(F)c1. The van der Waals surface area contributed by atoms with Gasteiger partial charge in [-0.3, -0.25) is 0 Å². The summed E-state index contributed by atoms with van der Waals surface area (Å²) in [5.74, 6) is -5.97. The average Bonchev–Trinajstić information content (AvgIpc) is 2.80. The molecule has 0 saturated carbocycles. The summed E-state index contributed by atoms with van der Waals surface area (Å²) >= 11 is 0. The maximum absolute atomic E-state index is 14.9. The molecule has 190 valence electrons. The van der Waals surface area contributed by atoms with Crippen LogP contribution in [0, 0.1) is 23.3 Å². The summed E-state index contributed by atoms with van der Waals surface area (Å²) in [5, 5.41) is 0. The number of aryl methyl sites for hydroxylation is 2. The number of benzene rings is 3. The van der Waals surface area contributed by atoms with Crippen molar-refractivity contribution >= 4 is 11.6 Å². The Morgan fingerprint density at radius 3 is 2.11 bits per heavy atom. The molecule has 0 spiro atoms. The summed E-state index contributed by atoms with van der Waals surface area (Å²) in [6, 6.07) is 8.92. The summed E-state index contributed by atoms with van der Waals surface area (Å²) in [4.78, 5) is 0. The summed E-state index contributed by atoms with van der Waals surface area (Å²) in [5.41, 5.74) is 2.81. The fraction of sp³-hybridized carbons (Fsp3) is 0.286. The molecule has 0 bridgehead atoms. The number of rotatable bonds is 7. The lowest BCUT2D eigenvalue weighted by Gasteiger charge is -2.19. The van der Waals surface area contributed by atoms with Gasteiger partial charge in [-0.2, -0.15) is 0 Å². The van der Waals surface area contributed by atoms with Gasteiger partial charge in [0, 0.05) is 11.1 Å². The molecule has 0 fully saturated rings. The van der Waals surface area contributed by atoms with Crippen LogP contribution in [0.4, 0.5) is 30.7 Å². The third-order valence-electron chi connectivity index (χ3n) is 6.20. The minimum atomic E-state index is -5.28. The largest absolute Gasteiger partial charge is 0.573 e. The lowest BCUT2D eigenvalue weighted by Crippen LogP contribution is -2.19. The quantitative estimate of drug-likeness (QED) is 0.229. The van der Waals surface area contributed by atoms with Crippen molar-refractivity contribution < 1.29 is 35.5 Å². The standard InChI is InChI=1S/C28H23F7O/c1-2-3-4-5-16-6-9-21(23(29)10-16)18-8-7-17-12-22(24(30)13-19(17)11-18)20-14-25(31)27(26(32)15-20)36-28(33,34)35/h6,9-15H,2-5,7-8H2,1H3. The van der Waals surface area contributed by atoms with E-state index in [1.807, 2.05) is 6.07 Å². The molecule has 0 N–H and O–H groups in total. The van der Waals surface area contributed by atoms with Gasteiger partial charge in [-0.15, -0.1) is 13.2 Å². The normalized spacial score (nSPS) is 13.4. The molecule has 3 aromatic carbocycles. The van der Waals surface area contributed by atoms with E-state index in [4.69, 9.17) is 0 Å². The van der Waals surface area contributed by atoms with Crippen molar-refractivity contribution in [2.75, 3.05) is 0 Å². The van der Waals surface area contributed by atoms with Crippen LogP contribution >= 0.6 is 0 Å². The molecule has 0 saturated heterocycles. The van der Waals surface area contributed by atoms with Crippen LogP contribution in [-0.2, 0) is 12.8 Å². The Morgan fingerprint density at radius 2 is 1.47 bits per heavy atom. The molecular weight excluding hydrogens is 485 g/mol. The number of hydrogen-bond acceptors (Lipinski definition) is 1. The van der Waals surface area contributed by atoms with Crippen LogP contribution in [0.2, 0.25) is 0 Å². The second kappa shape index (κ2) is 10.4. The number of fused-ring (bicyclic) bond motifs is 1. The lowest BCUT2D eigenvalue weighted by molar-refractivity contribution is -0.276. The zero-order valence-corrected chi connectivity index (χ0v) is 19.4. The number of hydrogen-bond donors (Lipinski definition) is 0. The predicted octanol–water partition coefficient (Wildman–Crippen LogP) is 9.03. The Balaban J connectivity index is 1.63. The molecule has 0 amide bonds. The van der Waals surface area contributed by atoms with E-state index >= 15 is 0 Å². The zero-order chi connectivity index (χ0) is 26.0. The van der Waals surface area contributed by atoms with Crippen molar-refractivity contribution in [1.82, 2.24) is 0 Å². The highest BCUT2D eigenvalue weighted by molar-refractivity contribution is 5.85. The Bertz CT molecular complexity index is 1280. The van der Waals surface area contributed by atoms with Crippen molar-refractivity contribution in [3.05, 3.63) is 88.0 Å². The van der Waals surface area contributed by atoms with Gasteiger partial charge in [0.05, 0.1) is 0 Å². The zero-order valence-electron chi connectivity index (χ0n) is 19.4. The van der Waals surface area contributed by atoms with Gasteiger partial charge in [-0.25, -0.2) is 17.6 Å². The Kier molecular flexibility index (Phi) is 7.43. The molecular formula is C28H23F7O. The molecule has 3 aromatic rings. The number of allylic oxidation sites excluding steroid dienone is 1. The van der Waals surface area contributed by atoms with Crippen molar-refractivity contribution in [3.63, 3.8) is 0 Å². The van der Waals surface area contributed by atoms with Crippen LogP contribution in [0.25, 0.3) is 22.8 Å². The molecule has 0 heterocycles. The number of unbranched alkanes of at least 4 members (excludes halogenated alkanes) is 2. The van der Waals surface area contributed by atoms with Gasteiger partial charge in [-0.05, 0) is 83.8 Å². The molecule has 1 aliphatic rings. The van der Waals surface area contributed by atoms with Crippen molar-refractivity contribution in [3.8, 4) is 16.9 Å². The summed E-state index contributed by atoms with van der Waals surface area (Å²) < 4.78 is 98.7. The second-order valence-corrected chi connectivity index (χ2v) is 8.79. The van der Waals surface area contributed by atoms with Gasteiger partial charge in [0.15, 0.2) is 11.6 Å². The highest BCUT2D eigenvalue weighted by Gasteiger charge is 2.34. The van der Waals surface area contributed by atoms with E-state index in [1.54, 1.807) is 12.1 Å². The smallest absolute Gasteiger partial charge is 0.399 e. The van der Waals surface area contributed by atoms with Gasteiger partial charge in [-0.1, -0.05) is 38.0 Å². The van der Waals surface area contributed by atoms with Crippen molar-refractivity contribution in [1.29, 1.82) is 0 Å². The molecule has 0 radical (unpaired) electrons. The molecule has 1 aliphatic carbocycles. The summed E-state index contributed by atoms with van der Waals surface area (Å²) in [7, 11) is 0. The highest BCUT2D eigenvalue weighted by Crippen LogP contribution is 2.38. The maximum Gasteiger partial charge on any atom is 0.573 e. The minimum Gasteiger partial charge on any atom is -0.399 e. The number of halogens is 7. The average molecular weight is 508 g/mol. The molecule has 8 heteroatoms. The van der Waals surface area contributed by atoms with E-state index in [0.29, 0.717) is 47.2 Å². The Morgan fingerprint density at radius 1 is 0.778 bits per heavy atom. The van der Waals surface area contributed by atoms with E-state index in [0.717, 1.165) is 31.2 Å². The highest BCUT2D eigenvalue weighted by atomic mass is 19.4. The summed E-state index contributed by atoms with van der Waals surface area (Å²) in [6.07, 6.45) is 1.22. The van der Waals surface area contributed by atoms with Crippen LogP contribution in [0.5, 0.6) is 5.75 Å². The van der Waals surface area contributed by atoms with Crippen molar-refractivity contribution in [2.45, 2.75) is 51.8 Å². The molecule has 0 atom stereocenters. The fourth-order valence-electron chi connectivity index (χ4n) is 4.43. The topological polar surface area (TPSA) is 9.23 Å². The Hall–Kier alpha value is -3.29. The van der Waals surface area contributed by atoms with Gasteiger partial charge in [0.25, 0.3) is 0 Å². The molecule has 1 nitrogen and oxygen atoms in total. The third-order valence-corrected chi connectivity index (χ3v) is 6.20. The van der Waals surface area contributed by atoms with E-state index in [-0.39, 0.29) is 16.9 Å². The Labute approximate surface area is 204 Å². The van der Waals surface area contributed by atoms with Crippen LogP contribution in [-0.4, -0.2) is 6.36 Å². The van der Waals surface area contributed by atoms with Crippen LogP contribution in [0.3, 0.4) is 0 Å². The van der Waals surface area contributed by atoms with E-state index < -0.39 is 29.6 Å². The summed E-state index contributed by atoms with van der Waals surface area (Å²) in [6.45, 7) is 2.10. The van der Waals surface area contributed by atoms with Crippen molar-refractivity contribution in [2.24, 2.45) is 0 Å². The lowest BCUT2D eigenvalue weighted by atomic mass is 9.86. The van der Waals surface area contributed by atoms with Gasteiger partial charge in [0.1, 0.15) is 11.6 Å². The van der Waals surface area contributed by atoms with Crippen LogP contribution in [0.1, 0.15) is 54.9 Å². The predicted molar refractivity (Wildman–Crippen MR) is 124 cm³/mol. The molecule has 0 aliphatic heterocycles. The van der Waals surface area contributed by atoms with Gasteiger partial charge >= 0.3 is 6.36 Å². The minimum absolute atomic E-state index is 0.162. The monoisotopic (exact) mass is 508 g/mol. The first-order valence-electron chi connectivity index (χ1n) is 11.6. The van der Waals surface area contributed by atoms with Crippen LogP contribution < -0.4 is 4.74 Å². The van der Waals surface area contributed by atoms with E-state index in [2.05, 4.69) is 11.7 Å². The van der Waals surface area contributed by atoms with E-state index in [9.17, 15) is 30.7 Å².